The van der Waals surface area contributed by atoms with E-state index in [4.69, 9.17) is 0 Å². The maximum atomic E-state index is 13.6. The molecule has 1 amide bonds. The summed E-state index contributed by atoms with van der Waals surface area (Å²) in [5, 5.41) is 0.996. The number of aromatic nitrogens is 2. The van der Waals surface area contributed by atoms with Crippen molar-refractivity contribution in [1.82, 2.24) is 14.9 Å². The molecule has 0 atom stereocenters. The summed E-state index contributed by atoms with van der Waals surface area (Å²) in [5.41, 5.74) is 5.00. The van der Waals surface area contributed by atoms with Crippen LogP contribution in [0.25, 0.3) is 10.9 Å². The lowest BCUT2D eigenvalue weighted by Crippen LogP contribution is -2.33. The Morgan fingerprint density at radius 3 is 2.39 bits per heavy atom. The molecule has 31 heavy (non-hydrogen) atoms. The monoisotopic (exact) mass is 411 g/mol. The lowest BCUT2D eigenvalue weighted by Gasteiger charge is -2.24. The number of benzene rings is 2. The smallest absolute Gasteiger partial charge is 0.274 e. The topological polar surface area (TPSA) is 49.0 Å². The number of pyridine rings is 1. The van der Waals surface area contributed by atoms with Crippen molar-refractivity contribution >= 4 is 16.8 Å². The van der Waals surface area contributed by atoms with Crippen molar-refractivity contribution in [2.24, 2.45) is 0 Å². The second-order valence-electron chi connectivity index (χ2n) is 9.01. The number of H-pyrrole nitrogens is 1. The molecule has 4 heteroatoms. The summed E-state index contributed by atoms with van der Waals surface area (Å²) in [5.74, 6) is -0.0520. The van der Waals surface area contributed by atoms with E-state index in [-0.39, 0.29) is 11.3 Å². The Kier molecular flexibility index (Phi) is 5.90. The molecule has 2 aromatic heterocycles. The second kappa shape index (κ2) is 8.76. The molecule has 4 aromatic rings. The van der Waals surface area contributed by atoms with E-state index in [9.17, 15) is 4.79 Å². The standard InChI is InChI=1S/C27H29N3O/c1-27(2,3)23-11-9-21(10-12-23)19-30(18-15-20-7-5-4-6-8-20)26(31)25-24-22(13-16-28-24)14-17-29-25/h4-14,16-17,28H,15,18-19H2,1-3H3. The van der Waals surface area contributed by atoms with Gasteiger partial charge >= 0.3 is 0 Å². The first-order valence-electron chi connectivity index (χ1n) is 10.8. The predicted molar refractivity (Wildman–Crippen MR) is 126 cm³/mol. The van der Waals surface area contributed by atoms with Gasteiger partial charge in [0.2, 0.25) is 0 Å². The predicted octanol–water partition coefficient (Wildman–Crippen LogP) is 5.75. The molecule has 0 saturated heterocycles. The highest BCUT2D eigenvalue weighted by Gasteiger charge is 2.21. The van der Waals surface area contributed by atoms with Gasteiger partial charge in [0.05, 0.1) is 5.52 Å². The third-order valence-electron chi connectivity index (χ3n) is 5.67. The maximum absolute atomic E-state index is 13.6. The van der Waals surface area contributed by atoms with Crippen molar-refractivity contribution in [2.75, 3.05) is 6.54 Å². The minimum atomic E-state index is -0.0520. The molecule has 1 N–H and O–H groups in total. The number of nitrogens with one attached hydrogen (secondary N) is 1. The molecule has 158 valence electrons. The molecule has 0 aliphatic rings. The van der Waals surface area contributed by atoms with E-state index < -0.39 is 0 Å². The molecule has 0 aliphatic heterocycles. The summed E-state index contributed by atoms with van der Waals surface area (Å²) in [6.45, 7) is 7.80. The van der Waals surface area contributed by atoms with Crippen LogP contribution in [0, 0.1) is 0 Å². The first-order chi connectivity index (χ1) is 14.9. The lowest BCUT2D eigenvalue weighted by atomic mass is 9.87. The van der Waals surface area contributed by atoms with Crippen LogP contribution >= 0.6 is 0 Å². The van der Waals surface area contributed by atoms with Crippen LogP contribution in [0.1, 0.15) is 48.0 Å². The van der Waals surface area contributed by atoms with Gasteiger partial charge in [-0.05, 0) is 40.7 Å². The molecule has 0 aliphatic carbocycles. The molecule has 2 heterocycles. The Balaban J connectivity index is 1.60. The fourth-order valence-corrected chi connectivity index (χ4v) is 3.79. The Morgan fingerprint density at radius 1 is 0.935 bits per heavy atom. The number of carbonyl (C=O) groups is 1. The van der Waals surface area contributed by atoms with Crippen molar-refractivity contribution in [1.29, 1.82) is 0 Å². The van der Waals surface area contributed by atoms with E-state index in [1.165, 1.54) is 11.1 Å². The van der Waals surface area contributed by atoms with Gasteiger partial charge in [0.1, 0.15) is 0 Å². The Bertz CT molecular complexity index is 1150. The molecule has 0 unspecified atom stereocenters. The van der Waals surface area contributed by atoms with E-state index in [1.54, 1.807) is 6.20 Å². The van der Waals surface area contributed by atoms with Crippen molar-refractivity contribution in [2.45, 2.75) is 39.2 Å². The molecule has 0 fully saturated rings. The van der Waals surface area contributed by atoms with E-state index in [0.717, 1.165) is 22.9 Å². The van der Waals surface area contributed by atoms with Crippen LogP contribution in [0.2, 0.25) is 0 Å². The number of amides is 1. The van der Waals surface area contributed by atoms with Gasteiger partial charge in [-0.25, -0.2) is 4.98 Å². The molecule has 0 radical (unpaired) electrons. The molecular formula is C27H29N3O. The SMILES string of the molecule is CC(C)(C)c1ccc(CN(CCc2ccccc2)C(=O)c2nccc3cc[nH]c23)cc1. The van der Waals surface area contributed by atoms with E-state index in [1.807, 2.05) is 41.4 Å². The first-order valence-corrected chi connectivity index (χ1v) is 10.8. The zero-order valence-electron chi connectivity index (χ0n) is 18.4. The van der Waals surface area contributed by atoms with Crippen LogP contribution in [-0.2, 0) is 18.4 Å². The third-order valence-corrected chi connectivity index (χ3v) is 5.67. The summed E-state index contributed by atoms with van der Waals surface area (Å²) in [6, 6.07) is 22.8. The van der Waals surface area contributed by atoms with E-state index in [2.05, 4.69) is 67.1 Å². The van der Waals surface area contributed by atoms with Crippen molar-refractivity contribution in [3.05, 3.63) is 102 Å². The highest BCUT2D eigenvalue weighted by molar-refractivity contribution is 6.03. The van der Waals surface area contributed by atoms with Gasteiger partial charge in [-0.1, -0.05) is 75.4 Å². The largest absolute Gasteiger partial charge is 0.359 e. The zero-order chi connectivity index (χ0) is 21.8. The molecule has 4 nitrogen and oxygen atoms in total. The van der Waals surface area contributed by atoms with E-state index in [0.29, 0.717) is 18.8 Å². The van der Waals surface area contributed by atoms with Crippen LogP contribution in [0.3, 0.4) is 0 Å². The number of nitrogens with zero attached hydrogens (tertiary/aromatic N) is 2. The third kappa shape index (κ3) is 4.85. The average Bonchev–Trinajstić information content (AvgIpc) is 3.25. The van der Waals surface area contributed by atoms with Crippen molar-refractivity contribution in [3.63, 3.8) is 0 Å². The highest BCUT2D eigenvalue weighted by atomic mass is 16.2. The number of rotatable bonds is 6. The molecule has 2 aromatic carbocycles. The van der Waals surface area contributed by atoms with Gasteiger partial charge in [0, 0.05) is 30.9 Å². The highest BCUT2D eigenvalue weighted by Crippen LogP contribution is 2.23. The minimum absolute atomic E-state index is 0.0520. The Hall–Kier alpha value is -3.40. The molecule has 0 saturated carbocycles. The fraction of sp³-hybridized carbons (Fsp3) is 0.259. The number of carbonyl (C=O) groups excluding carboxylic acids is 1. The van der Waals surface area contributed by atoms with Crippen LogP contribution in [-0.4, -0.2) is 27.3 Å². The maximum Gasteiger partial charge on any atom is 0.274 e. The van der Waals surface area contributed by atoms with Gasteiger partial charge in [-0.2, -0.15) is 0 Å². The van der Waals surface area contributed by atoms with E-state index >= 15 is 0 Å². The summed E-state index contributed by atoms with van der Waals surface area (Å²) >= 11 is 0. The quantitative estimate of drug-likeness (QED) is 0.439. The summed E-state index contributed by atoms with van der Waals surface area (Å²) in [6.07, 6.45) is 4.35. The normalized spacial score (nSPS) is 11.6. The first kappa shape index (κ1) is 20.9. The van der Waals surface area contributed by atoms with Crippen LogP contribution < -0.4 is 0 Å². The van der Waals surface area contributed by atoms with Crippen molar-refractivity contribution < 1.29 is 4.79 Å². The average molecular weight is 412 g/mol. The number of hydrogen-bond donors (Lipinski definition) is 1. The summed E-state index contributed by atoms with van der Waals surface area (Å²) in [7, 11) is 0. The van der Waals surface area contributed by atoms with Crippen LogP contribution in [0.4, 0.5) is 0 Å². The van der Waals surface area contributed by atoms with Gasteiger partial charge < -0.3 is 9.88 Å². The Morgan fingerprint density at radius 2 is 1.68 bits per heavy atom. The molecular weight excluding hydrogens is 382 g/mol. The van der Waals surface area contributed by atoms with Crippen LogP contribution in [0.15, 0.2) is 79.1 Å². The summed E-state index contributed by atoms with van der Waals surface area (Å²) in [4.78, 5) is 23.1. The van der Waals surface area contributed by atoms with Gasteiger partial charge in [-0.15, -0.1) is 0 Å². The van der Waals surface area contributed by atoms with Crippen LogP contribution in [0.5, 0.6) is 0 Å². The molecule has 0 bridgehead atoms. The Labute approximate surface area is 183 Å². The lowest BCUT2D eigenvalue weighted by molar-refractivity contribution is 0.0741. The number of aromatic amines is 1. The second-order valence-corrected chi connectivity index (χ2v) is 9.01. The number of hydrogen-bond acceptors (Lipinski definition) is 2. The van der Waals surface area contributed by atoms with Crippen molar-refractivity contribution in [3.8, 4) is 0 Å². The van der Waals surface area contributed by atoms with Gasteiger partial charge in [-0.3, -0.25) is 4.79 Å². The molecule has 0 spiro atoms. The number of fused-ring (bicyclic) bond motifs is 1. The fourth-order valence-electron chi connectivity index (χ4n) is 3.79. The van der Waals surface area contributed by atoms with Gasteiger partial charge in [0.15, 0.2) is 5.69 Å². The molecule has 4 rings (SSSR count). The minimum Gasteiger partial charge on any atom is -0.359 e. The van der Waals surface area contributed by atoms with Gasteiger partial charge in [0.25, 0.3) is 5.91 Å². The zero-order valence-corrected chi connectivity index (χ0v) is 18.4. The summed E-state index contributed by atoms with van der Waals surface area (Å²) < 4.78 is 0.